The molecule has 0 atom stereocenters. The maximum absolute atomic E-state index is 11.8. The van der Waals surface area contributed by atoms with Gasteiger partial charge < -0.3 is 15.1 Å². The van der Waals surface area contributed by atoms with Crippen molar-refractivity contribution in [2.24, 2.45) is 0 Å². The number of nitrogens with one attached hydrogen (secondary N) is 2. The van der Waals surface area contributed by atoms with E-state index in [1.54, 1.807) is 18.7 Å². The molecule has 25 heavy (non-hydrogen) atoms. The molecule has 3 rings (SSSR count). The fourth-order valence-corrected chi connectivity index (χ4v) is 2.30. The molecular weight excluding hydrogens is 316 g/mol. The lowest BCUT2D eigenvalue weighted by atomic mass is 10.1. The first-order chi connectivity index (χ1) is 12.2. The van der Waals surface area contributed by atoms with Gasteiger partial charge in [-0.3, -0.25) is 4.98 Å². The highest BCUT2D eigenvalue weighted by atomic mass is 16.3. The molecule has 0 saturated carbocycles. The van der Waals surface area contributed by atoms with Gasteiger partial charge in [0.25, 0.3) is 0 Å². The van der Waals surface area contributed by atoms with Crippen LogP contribution in [-0.2, 0) is 13.0 Å². The Morgan fingerprint density at radius 2 is 1.84 bits per heavy atom. The number of hydrogen-bond acceptors (Lipinski definition) is 4. The Morgan fingerprint density at radius 1 is 1.08 bits per heavy atom. The van der Waals surface area contributed by atoms with Gasteiger partial charge in [-0.1, -0.05) is 17.7 Å². The molecule has 0 bridgehead atoms. The van der Waals surface area contributed by atoms with E-state index in [1.807, 2.05) is 43.3 Å². The number of carbonyl (C=O) groups excluding carboxylic acids is 1. The zero-order valence-corrected chi connectivity index (χ0v) is 14.0. The van der Waals surface area contributed by atoms with Crippen LogP contribution in [0.15, 0.2) is 59.5 Å². The lowest BCUT2D eigenvalue weighted by Gasteiger charge is -2.06. The highest BCUT2D eigenvalue weighted by molar-refractivity contribution is 5.73. The maximum atomic E-state index is 11.8. The number of rotatable bonds is 6. The van der Waals surface area contributed by atoms with Gasteiger partial charge in [-0.2, -0.15) is 0 Å². The summed E-state index contributed by atoms with van der Waals surface area (Å²) >= 11 is 0. The number of aromatic nitrogens is 2. The van der Waals surface area contributed by atoms with Crippen molar-refractivity contribution in [3.63, 3.8) is 0 Å². The van der Waals surface area contributed by atoms with Crippen LogP contribution in [0, 0.1) is 6.92 Å². The molecule has 2 aromatic heterocycles. The Labute approximate surface area is 146 Å². The monoisotopic (exact) mass is 336 g/mol. The van der Waals surface area contributed by atoms with Crippen LogP contribution in [0.1, 0.15) is 16.8 Å². The number of hydrogen-bond donors (Lipinski definition) is 2. The van der Waals surface area contributed by atoms with E-state index in [4.69, 9.17) is 4.42 Å². The largest absolute Gasteiger partial charge is 0.444 e. The summed E-state index contributed by atoms with van der Waals surface area (Å²) in [5, 5.41) is 5.61. The van der Waals surface area contributed by atoms with Crippen LogP contribution in [0.4, 0.5) is 4.79 Å². The molecular formula is C19H20N4O2. The Hall–Kier alpha value is -3.15. The first-order valence-corrected chi connectivity index (χ1v) is 8.13. The molecule has 2 heterocycles. The number of amides is 2. The van der Waals surface area contributed by atoms with E-state index in [1.165, 1.54) is 5.56 Å². The van der Waals surface area contributed by atoms with Crippen LogP contribution in [0.2, 0.25) is 0 Å². The molecule has 6 nitrogen and oxygen atoms in total. The fourth-order valence-electron chi connectivity index (χ4n) is 2.30. The normalized spacial score (nSPS) is 10.4. The summed E-state index contributed by atoms with van der Waals surface area (Å²) in [4.78, 5) is 20.2. The summed E-state index contributed by atoms with van der Waals surface area (Å²) in [6, 6.07) is 11.5. The minimum absolute atomic E-state index is 0.209. The molecule has 3 aromatic rings. The molecule has 0 aliphatic carbocycles. The standard InChI is InChI=1S/C19H20N4O2/c1-14-2-4-16(5-3-14)18-23-17(13-25-18)8-11-21-19(24)22-12-15-6-9-20-10-7-15/h2-7,9-10,13H,8,11-12H2,1H3,(H2,21,22,24). The predicted molar refractivity (Wildman–Crippen MR) is 94.9 cm³/mol. The van der Waals surface area contributed by atoms with E-state index in [9.17, 15) is 4.79 Å². The van der Waals surface area contributed by atoms with Crippen molar-refractivity contribution in [1.82, 2.24) is 20.6 Å². The topological polar surface area (TPSA) is 80.0 Å². The lowest BCUT2D eigenvalue weighted by Crippen LogP contribution is -2.36. The van der Waals surface area contributed by atoms with E-state index < -0.39 is 0 Å². The Morgan fingerprint density at radius 3 is 2.60 bits per heavy atom. The van der Waals surface area contributed by atoms with E-state index >= 15 is 0 Å². The summed E-state index contributed by atoms with van der Waals surface area (Å²) in [5.74, 6) is 0.595. The molecule has 0 aliphatic heterocycles. The van der Waals surface area contributed by atoms with Crippen LogP contribution in [-0.4, -0.2) is 22.5 Å². The van der Waals surface area contributed by atoms with Crippen LogP contribution in [0.25, 0.3) is 11.5 Å². The Balaban J connectivity index is 1.43. The fraction of sp³-hybridized carbons (Fsp3) is 0.211. The van der Waals surface area contributed by atoms with E-state index in [2.05, 4.69) is 20.6 Å². The molecule has 0 radical (unpaired) electrons. The molecule has 0 unspecified atom stereocenters. The molecule has 6 heteroatoms. The number of pyridine rings is 1. The first-order valence-electron chi connectivity index (χ1n) is 8.13. The van der Waals surface area contributed by atoms with Crippen molar-refractivity contribution in [1.29, 1.82) is 0 Å². The molecule has 0 aliphatic rings. The second kappa shape index (κ2) is 8.10. The van der Waals surface area contributed by atoms with Gasteiger partial charge in [0.15, 0.2) is 0 Å². The smallest absolute Gasteiger partial charge is 0.315 e. The van der Waals surface area contributed by atoms with Crippen LogP contribution >= 0.6 is 0 Å². The molecule has 0 spiro atoms. The van der Waals surface area contributed by atoms with Crippen LogP contribution in [0.5, 0.6) is 0 Å². The van der Waals surface area contributed by atoms with Gasteiger partial charge in [0.1, 0.15) is 6.26 Å². The van der Waals surface area contributed by atoms with Crippen molar-refractivity contribution in [3.8, 4) is 11.5 Å². The third-order valence-corrected chi connectivity index (χ3v) is 3.72. The zero-order valence-electron chi connectivity index (χ0n) is 14.0. The first kappa shape index (κ1) is 16.7. The van der Waals surface area contributed by atoms with Crippen molar-refractivity contribution in [2.75, 3.05) is 6.54 Å². The summed E-state index contributed by atoms with van der Waals surface area (Å²) < 4.78 is 5.51. The summed E-state index contributed by atoms with van der Waals surface area (Å²) in [6.07, 6.45) is 5.64. The molecule has 128 valence electrons. The number of benzene rings is 1. The van der Waals surface area contributed by atoms with E-state index in [0.717, 1.165) is 16.8 Å². The van der Waals surface area contributed by atoms with Crippen LogP contribution < -0.4 is 10.6 Å². The molecule has 2 N–H and O–H groups in total. The minimum Gasteiger partial charge on any atom is -0.444 e. The summed E-state index contributed by atoms with van der Waals surface area (Å²) in [6.45, 7) is 2.99. The molecule has 2 amide bonds. The summed E-state index contributed by atoms with van der Waals surface area (Å²) in [7, 11) is 0. The average molecular weight is 336 g/mol. The Kier molecular flexibility index (Phi) is 5.41. The van der Waals surface area contributed by atoms with Gasteiger partial charge in [-0.15, -0.1) is 0 Å². The SMILES string of the molecule is Cc1ccc(-c2nc(CCNC(=O)NCc3ccncc3)co2)cc1. The summed E-state index contributed by atoms with van der Waals surface area (Å²) in [5.41, 5.74) is 3.95. The van der Waals surface area contributed by atoms with Crippen molar-refractivity contribution < 1.29 is 9.21 Å². The van der Waals surface area contributed by atoms with Crippen molar-refractivity contribution >= 4 is 6.03 Å². The number of carbonyl (C=O) groups is 1. The molecule has 0 fully saturated rings. The number of urea groups is 1. The quantitative estimate of drug-likeness (QED) is 0.725. The van der Waals surface area contributed by atoms with E-state index in [0.29, 0.717) is 25.4 Å². The van der Waals surface area contributed by atoms with Gasteiger partial charge >= 0.3 is 6.03 Å². The highest BCUT2D eigenvalue weighted by Crippen LogP contribution is 2.19. The Bertz CT molecular complexity index is 813. The number of nitrogens with zero attached hydrogens (tertiary/aromatic N) is 2. The second-order valence-corrected chi connectivity index (χ2v) is 5.72. The molecule has 0 saturated heterocycles. The minimum atomic E-state index is -0.209. The second-order valence-electron chi connectivity index (χ2n) is 5.72. The van der Waals surface area contributed by atoms with Gasteiger partial charge in [0.05, 0.1) is 5.69 Å². The third-order valence-electron chi connectivity index (χ3n) is 3.72. The number of oxazole rings is 1. The predicted octanol–water partition coefficient (Wildman–Crippen LogP) is 3.09. The van der Waals surface area contributed by atoms with E-state index in [-0.39, 0.29) is 6.03 Å². The van der Waals surface area contributed by atoms with Gasteiger partial charge in [0, 0.05) is 37.5 Å². The number of aryl methyl sites for hydroxylation is 1. The highest BCUT2D eigenvalue weighted by Gasteiger charge is 2.07. The zero-order chi connectivity index (χ0) is 17.5. The van der Waals surface area contributed by atoms with Gasteiger partial charge in [-0.25, -0.2) is 9.78 Å². The third kappa shape index (κ3) is 4.91. The van der Waals surface area contributed by atoms with Gasteiger partial charge in [-0.05, 0) is 36.8 Å². The molecule has 1 aromatic carbocycles. The van der Waals surface area contributed by atoms with Crippen molar-refractivity contribution in [2.45, 2.75) is 19.9 Å². The van der Waals surface area contributed by atoms with Crippen LogP contribution in [0.3, 0.4) is 0 Å². The lowest BCUT2D eigenvalue weighted by molar-refractivity contribution is 0.240. The maximum Gasteiger partial charge on any atom is 0.315 e. The van der Waals surface area contributed by atoms with Crippen molar-refractivity contribution in [3.05, 3.63) is 71.9 Å². The average Bonchev–Trinajstić information content (AvgIpc) is 3.10. The van der Waals surface area contributed by atoms with Gasteiger partial charge in [0.2, 0.25) is 5.89 Å².